The van der Waals surface area contributed by atoms with Gasteiger partial charge in [0.05, 0.1) is 0 Å². The maximum absolute atomic E-state index is 13.3. The molecule has 0 aromatic heterocycles. The smallest absolute Gasteiger partial charge is 0.407 e. The van der Waals surface area contributed by atoms with Gasteiger partial charge in [-0.25, -0.2) is 9.18 Å². The van der Waals surface area contributed by atoms with Gasteiger partial charge < -0.3 is 15.2 Å². The Hall–Kier alpha value is -1.14. The first kappa shape index (κ1) is 17.9. The molecule has 4 nitrogen and oxygen atoms in total. The van der Waals surface area contributed by atoms with Crippen molar-refractivity contribution in [2.24, 2.45) is 5.92 Å². The number of amides is 1. The largest absolute Gasteiger partial charge is 0.444 e. The Labute approximate surface area is 132 Å². The number of ether oxygens (including phenoxy) is 1. The third kappa shape index (κ3) is 7.43. The summed E-state index contributed by atoms with van der Waals surface area (Å²) in [5, 5.41) is 12.0. The Morgan fingerprint density at radius 3 is 2.62 bits per heavy atom. The second kappa shape index (κ2) is 7.75. The van der Waals surface area contributed by atoms with E-state index in [4.69, 9.17) is 4.74 Å². The molecule has 1 unspecified atom stereocenters. The van der Waals surface area contributed by atoms with Crippen LogP contribution in [0.25, 0.3) is 0 Å². The lowest BCUT2D eigenvalue weighted by molar-refractivity contribution is 0.0512. The van der Waals surface area contributed by atoms with E-state index >= 15 is 0 Å². The van der Waals surface area contributed by atoms with E-state index < -0.39 is 11.7 Å². The van der Waals surface area contributed by atoms with E-state index in [0.29, 0.717) is 10.9 Å². The van der Waals surface area contributed by atoms with Gasteiger partial charge in [0.1, 0.15) is 11.4 Å². The van der Waals surface area contributed by atoms with Crippen molar-refractivity contribution in [2.45, 2.75) is 32.8 Å². The van der Waals surface area contributed by atoms with Gasteiger partial charge in [0.25, 0.3) is 0 Å². The predicted molar refractivity (Wildman–Crippen MR) is 82.6 cm³/mol. The molecule has 0 aliphatic carbocycles. The van der Waals surface area contributed by atoms with Crippen molar-refractivity contribution >= 4 is 22.0 Å². The standard InChI is InChI=1S/C15H21BrFNO3/c1-15(2,3)21-14(20)18-8-11(9-19)4-10-5-12(16)7-13(17)6-10/h5-7,11,19H,4,8-9H2,1-3H3,(H,18,20). The second-order valence-electron chi connectivity index (χ2n) is 5.91. The van der Waals surface area contributed by atoms with Crippen LogP contribution in [0.2, 0.25) is 0 Å². The summed E-state index contributed by atoms with van der Waals surface area (Å²) in [5.74, 6) is -0.539. The van der Waals surface area contributed by atoms with E-state index in [0.717, 1.165) is 5.56 Å². The number of benzene rings is 1. The van der Waals surface area contributed by atoms with Crippen LogP contribution in [0.4, 0.5) is 9.18 Å². The van der Waals surface area contributed by atoms with E-state index in [1.54, 1.807) is 26.8 Å². The summed E-state index contributed by atoms with van der Waals surface area (Å²) < 4.78 is 19.1. The van der Waals surface area contributed by atoms with Crippen LogP contribution < -0.4 is 5.32 Å². The molecule has 0 bridgehead atoms. The van der Waals surface area contributed by atoms with Gasteiger partial charge in [-0.05, 0) is 51.0 Å². The van der Waals surface area contributed by atoms with Crippen molar-refractivity contribution < 1.29 is 19.0 Å². The first-order chi connectivity index (χ1) is 9.69. The molecule has 21 heavy (non-hydrogen) atoms. The molecule has 1 atom stereocenters. The third-order valence-corrected chi connectivity index (χ3v) is 3.10. The van der Waals surface area contributed by atoms with Crippen LogP contribution in [0.5, 0.6) is 0 Å². The summed E-state index contributed by atoms with van der Waals surface area (Å²) >= 11 is 3.23. The lowest BCUT2D eigenvalue weighted by atomic mass is 10.00. The monoisotopic (exact) mass is 361 g/mol. The minimum atomic E-state index is -0.563. The minimum absolute atomic E-state index is 0.107. The lowest BCUT2D eigenvalue weighted by Gasteiger charge is -2.21. The van der Waals surface area contributed by atoms with Crippen molar-refractivity contribution in [3.05, 3.63) is 34.1 Å². The Morgan fingerprint density at radius 2 is 2.10 bits per heavy atom. The summed E-state index contributed by atoms with van der Waals surface area (Å²) in [5.41, 5.74) is 0.193. The molecular weight excluding hydrogens is 341 g/mol. The van der Waals surface area contributed by atoms with Crippen LogP contribution in [0.15, 0.2) is 22.7 Å². The number of alkyl carbamates (subject to hydrolysis) is 1. The average Bonchev–Trinajstić information content (AvgIpc) is 2.31. The zero-order chi connectivity index (χ0) is 16.0. The van der Waals surface area contributed by atoms with E-state index in [9.17, 15) is 14.3 Å². The number of halogens is 2. The number of hydrogen-bond acceptors (Lipinski definition) is 3. The number of hydrogen-bond donors (Lipinski definition) is 2. The summed E-state index contributed by atoms with van der Waals surface area (Å²) in [6, 6.07) is 4.58. The van der Waals surface area contributed by atoms with E-state index in [1.165, 1.54) is 12.1 Å². The molecule has 0 spiro atoms. The van der Waals surface area contributed by atoms with Gasteiger partial charge in [-0.1, -0.05) is 15.9 Å². The van der Waals surface area contributed by atoms with Crippen molar-refractivity contribution in [2.75, 3.05) is 13.2 Å². The zero-order valence-electron chi connectivity index (χ0n) is 12.5. The molecule has 0 saturated heterocycles. The molecule has 1 aromatic carbocycles. The number of carbonyl (C=O) groups excluding carboxylic acids is 1. The first-order valence-corrected chi connectivity index (χ1v) is 7.51. The van der Waals surface area contributed by atoms with Crippen LogP contribution in [0.3, 0.4) is 0 Å². The zero-order valence-corrected chi connectivity index (χ0v) is 14.0. The van der Waals surface area contributed by atoms with Crippen LogP contribution in [0.1, 0.15) is 26.3 Å². The number of aliphatic hydroxyl groups excluding tert-OH is 1. The van der Waals surface area contributed by atoms with E-state index in [1.807, 2.05) is 0 Å². The SMILES string of the molecule is CC(C)(C)OC(=O)NCC(CO)Cc1cc(F)cc(Br)c1. The molecule has 0 saturated carbocycles. The summed E-state index contributed by atoms with van der Waals surface area (Å²) in [6.45, 7) is 5.49. The molecule has 0 heterocycles. The normalized spacial score (nSPS) is 12.9. The Morgan fingerprint density at radius 1 is 1.43 bits per heavy atom. The highest BCUT2D eigenvalue weighted by atomic mass is 79.9. The van der Waals surface area contributed by atoms with Gasteiger partial charge in [-0.3, -0.25) is 0 Å². The fourth-order valence-corrected chi connectivity index (χ4v) is 2.32. The molecule has 6 heteroatoms. The molecule has 0 fully saturated rings. The van der Waals surface area contributed by atoms with Gasteiger partial charge in [-0.2, -0.15) is 0 Å². The fraction of sp³-hybridized carbons (Fsp3) is 0.533. The van der Waals surface area contributed by atoms with Crippen molar-refractivity contribution in [1.82, 2.24) is 5.32 Å². The van der Waals surface area contributed by atoms with Crippen LogP contribution >= 0.6 is 15.9 Å². The van der Waals surface area contributed by atoms with Gasteiger partial charge >= 0.3 is 6.09 Å². The van der Waals surface area contributed by atoms with Crippen LogP contribution in [-0.2, 0) is 11.2 Å². The van der Waals surface area contributed by atoms with Gasteiger partial charge in [0.2, 0.25) is 0 Å². The van der Waals surface area contributed by atoms with Gasteiger partial charge in [-0.15, -0.1) is 0 Å². The van der Waals surface area contributed by atoms with Crippen LogP contribution in [0, 0.1) is 11.7 Å². The Bertz CT molecular complexity index is 468. The maximum Gasteiger partial charge on any atom is 0.407 e. The molecule has 0 aliphatic heterocycles. The molecule has 2 N–H and O–H groups in total. The maximum atomic E-state index is 13.3. The van der Waals surface area contributed by atoms with Gasteiger partial charge in [0.15, 0.2) is 0 Å². The van der Waals surface area contributed by atoms with E-state index in [2.05, 4.69) is 21.2 Å². The highest BCUT2D eigenvalue weighted by Gasteiger charge is 2.17. The molecule has 1 amide bonds. The molecule has 118 valence electrons. The molecular formula is C15H21BrFNO3. The van der Waals surface area contributed by atoms with Crippen molar-refractivity contribution in [3.63, 3.8) is 0 Å². The quantitative estimate of drug-likeness (QED) is 0.845. The predicted octanol–water partition coefficient (Wildman–Crippen LogP) is 3.26. The first-order valence-electron chi connectivity index (χ1n) is 6.72. The number of carbonyl (C=O) groups is 1. The minimum Gasteiger partial charge on any atom is -0.444 e. The van der Waals surface area contributed by atoms with Crippen molar-refractivity contribution in [3.8, 4) is 0 Å². The molecule has 0 aliphatic rings. The summed E-state index contributed by atoms with van der Waals surface area (Å²) in [6.07, 6.45) is -0.0655. The lowest BCUT2D eigenvalue weighted by Crippen LogP contribution is -2.36. The van der Waals surface area contributed by atoms with Crippen LogP contribution in [-0.4, -0.2) is 30.0 Å². The second-order valence-corrected chi connectivity index (χ2v) is 6.83. The highest BCUT2D eigenvalue weighted by molar-refractivity contribution is 9.10. The third-order valence-electron chi connectivity index (χ3n) is 2.64. The van der Waals surface area contributed by atoms with Crippen molar-refractivity contribution in [1.29, 1.82) is 0 Å². The molecule has 1 rings (SSSR count). The molecule has 0 radical (unpaired) electrons. The number of nitrogens with one attached hydrogen (secondary N) is 1. The summed E-state index contributed by atoms with van der Waals surface area (Å²) in [4.78, 5) is 11.6. The topological polar surface area (TPSA) is 58.6 Å². The number of rotatable bonds is 5. The summed E-state index contributed by atoms with van der Waals surface area (Å²) in [7, 11) is 0. The Kier molecular flexibility index (Phi) is 6.61. The van der Waals surface area contributed by atoms with Gasteiger partial charge in [0, 0.05) is 23.5 Å². The number of aliphatic hydroxyl groups is 1. The Balaban J connectivity index is 2.54. The fourth-order valence-electron chi connectivity index (χ4n) is 1.81. The molecule has 1 aromatic rings. The van der Waals surface area contributed by atoms with E-state index in [-0.39, 0.29) is 24.9 Å². The highest BCUT2D eigenvalue weighted by Crippen LogP contribution is 2.17. The average molecular weight is 362 g/mol.